The van der Waals surface area contributed by atoms with Crippen LogP contribution in [0.15, 0.2) is 60.9 Å². The molecule has 2 aromatic carbocycles. The number of benzene rings is 2. The Balaban J connectivity index is 1.56. The van der Waals surface area contributed by atoms with Crippen molar-refractivity contribution < 1.29 is 23.5 Å². The Hall–Kier alpha value is -3.85. The van der Waals surface area contributed by atoms with Crippen LogP contribution in [0.2, 0.25) is 0 Å². The summed E-state index contributed by atoms with van der Waals surface area (Å²) in [5, 5.41) is 5.54. The van der Waals surface area contributed by atoms with Gasteiger partial charge >= 0.3 is 6.09 Å². The maximum atomic E-state index is 13.5. The van der Waals surface area contributed by atoms with Gasteiger partial charge in [-0.05, 0) is 69.3 Å². The van der Waals surface area contributed by atoms with E-state index in [-0.39, 0.29) is 11.7 Å². The van der Waals surface area contributed by atoms with Gasteiger partial charge in [-0.3, -0.25) is 10.1 Å². The number of rotatable bonds is 5. The van der Waals surface area contributed by atoms with Gasteiger partial charge in [-0.25, -0.2) is 9.18 Å². The van der Waals surface area contributed by atoms with E-state index in [1.54, 1.807) is 61.9 Å². The molecule has 35 heavy (non-hydrogen) atoms. The summed E-state index contributed by atoms with van der Waals surface area (Å²) in [6, 6.07) is 13.7. The van der Waals surface area contributed by atoms with Crippen LogP contribution in [0, 0.1) is 5.82 Å². The highest BCUT2D eigenvalue weighted by Gasteiger charge is 2.19. The number of carbonyl (C=O) groups excluding carboxylic acids is 2. The number of morpholine rings is 1. The predicted molar refractivity (Wildman–Crippen MR) is 133 cm³/mol. The number of ether oxygens (including phenoxy) is 2. The monoisotopic (exact) mass is 480 g/mol. The number of amides is 2. The van der Waals surface area contributed by atoms with E-state index in [1.165, 1.54) is 12.3 Å². The van der Waals surface area contributed by atoms with E-state index in [0.29, 0.717) is 35.8 Å². The lowest BCUT2D eigenvalue weighted by Gasteiger charge is -2.28. The Kier molecular flexibility index (Phi) is 7.07. The number of nitrogens with zero attached hydrogens (tertiary/aromatic N) is 2. The number of hydrogen-bond acceptors (Lipinski definition) is 5. The standard InChI is InChI=1S/C26H29FN4O4/c1-26(2,3)35-25(33)29-22-9-8-21(31-11-10-19(27)17-31)16-23(22)28-24(32)18-4-6-20(7-5-18)30-12-14-34-15-13-30/h4-11,16-17H,12-15H2,1-3H3,(H,28,32)(H,29,33). The highest BCUT2D eigenvalue weighted by atomic mass is 19.1. The van der Waals surface area contributed by atoms with Gasteiger partial charge in [0.15, 0.2) is 0 Å². The van der Waals surface area contributed by atoms with Gasteiger partial charge in [0.2, 0.25) is 0 Å². The van der Waals surface area contributed by atoms with E-state index >= 15 is 0 Å². The summed E-state index contributed by atoms with van der Waals surface area (Å²) in [6.45, 7) is 8.25. The van der Waals surface area contributed by atoms with Gasteiger partial charge in [0.05, 0.1) is 24.6 Å². The lowest BCUT2D eigenvalue weighted by atomic mass is 10.1. The SMILES string of the molecule is CC(C)(C)OC(=O)Nc1ccc(-n2ccc(F)c2)cc1NC(=O)c1ccc(N2CCOCC2)cc1. The number of nitrogens with one attached hydrogen (secondary N) is 2. The number of halogens is 1. The number of aromatic nitrogens is 1. The van der Waals surface area contributed by atoms with E-state index < -0.39 is 11.7 Å². The molecule has 0 aliphatic carbocycles. The van der Waals surface area contributed by atoms with Crippen molar-refractivity contribution in [2.75, 3.05) is 41.8 Å². The van der Waals surface area contributed by atoms with Crippen LogP contribution in [0.1, 0.15) is 31.1 Å². The first-order valence-electron chi connectivity index (χ1n) is 11.4. The second kappa shape index (κ2) is 10.2. The molecule has 1 aromatic heterocycles. The maximum absolute atomic E-state index is 13.5. The molecule has 1 aliphatic heterocycles. The van der Waals surface area contributed by atoms with Gasteiger partial charge in [-0.1, -0.05) is 0 Å². The Morgan fingerprint density at radius 2 is 1.63 bits per heavy atom. The lowest BCUT2D eigenvalue weighted by Crippen LogP contribution is -2.36. The van der Waals surface area contributed by atoms with Gasteiger partial charge in [0, 0.05) is 42.4 Å². The zero-order valence-corrected chi connectivity index (χ0v) is 20.0. The summed E-state index contributed by atoms with van der Waals surface area (Å²) in [6.07, 6.45) is 2.25. The lowest BCUT2D eigenvalue weighted by molar-refractivity contribution is 0.0635. The molecule has 2 amide bonds. The zero-order chi connectivity index (χ0) is 25.0. The molecule has 1 fully saturated rings. The fraction of sp³-hybridized carbons (Fsp3) is 0.308. The van der Waals surface area contributed by atoms with E-state index in [4.69, 9.17) is 9.47 Å². The van der Waals surface area contributed by atoms with Crippen molar-refractivity contribution in [1.82, 2.24) is 4.57 Å². The first-order chi connectivity index (χ1) is 16.7. The molecule has 9 heteroatoms. The predicted octanol–water partition coefficient (Wildman–Crippen LogP) is 5.05. The molecule has 184 valence electrons. The average Bonchev–Trinajstić information content (AvgIpc) is 3.26. The Bertz CT molecular complexity index is 1190. The molecule has 8 nitrogen and oxygen atoms in total. The molecule has 0 radical (unpaired) electrons. The first kappa shape index (κ1) is 24.3. The van der Waals surface area contributed by atoms with Gasteiger partial charge in [-0.2, -0.15) is 0 Å². The van der Waals surface area contributed by atoms with E-state index in [0.717, 1.165) is 18.8 Å². The van der Waals surface area contributed by atoms with Gasteiger partial charge in [-0.15, -0.1) is 0 Å². The van der Waals surface area contributed by atoms with Crippen LogP contribution in [0.5, 0.6) is 0 Å². The molecular formula is C26H29FN4O4. The van der Waals surface area contributed by atoms with E-state index in [9.17, 15) is 14.0 Å². The van der Waals surface area contributed by atoms with Crippen LogP contribution in [-0.4, -0.2) is 48.5 Å². The van der Waals surface area contributed by atoms with Crippen molar-refractivity contribution in [1.29, 1.82) is 0 Å². The van der Waals surface area contributed by atoms with Crippen LogP contribution in [0.4, 0.5) is 26.2 Å². The highest BCUT2D eigenvalue weighted by molar-refractivity contribution is 6.07. The fourth-order valence-corrected chi connectivity index (χ4v) is 3.69. The topological polar surface area (TPSA) is 84.8 Å². The Labute approximate surface area is 203 Å². The summed E-state index contributed by atoms with van der Waals surface area (Å²) in [4.78, 5) is 27.6. The molecule has 3 aromatic rings. The Morgan fingerprint density at radius 3 is 2.26 bits per heavy atom. The quantitative estimate of drug-likeness (QED) is 0.534. The molecule has 1 saturated heterocycles. The summed E-state index contributed by atoms with van der Waals surface area (Å²) < 4.78 is 25.9. The van der Waals surface area contributed by atoms with E-state index in [1.807, 2.05) is 12.1 Å². The number of hydrogen-bond donors (Lipinski definition) is 2. The van der Waals surface area contributed by atoms with Crippen molar-refractivity contribution in [2.24, 2.45) is 0 Å². The van der Waals surface area contributed by atoms with Gasteiger partial charge in [0.25, 0.3) is 5.91 Å². The van der Waals surface area contributed by atoms with Crippen LogP contribution in [0.3, 0.4) is 0 Å². The van der Waals surface area contributed by atoms with Gasteiger partial charge in [0.1, 0.15) is 11.4 Å². The molecule has 0 unspecified atom stereocenters. The van der Waals surface area contributed by atoms with Gasteiger partial charge < -0.3 is 24.3 Å². The smallest absolute Gasteiger partial charge is 0.412 e. The second-order valence-electron chi connectivity index (χ2n) is 9.19. The maximum Gasteiger partial charge on any atom is 0.412 e. The zero-order valence-electron chi connectivity index (χ0n) is 20.0. The summed E-state index contributed by atoms with van der Waals surface area (Å²) in [7, 11) is 0. The second-order valence-corrected chi connectivity index (χ2v) is 9.19. The fourth-order valence-electron chi connectivity index (χ4n) is 3.69. The van der Waals surface area contributed by atoms with Crippen molar-refractivity contribution >= 4 is 29.1 Å². The minimum Gasteiger partial charge on any atom is -0.444 e. The molecule has 0 spiro atoms. The van der Waals surface area contributed by atoms with Crippen molar-refractivity contribution in [2.45, 2.75) is 26.4 Å². The molecule has 2 heterocycles. The molecule has 0 saturated carbocycles. The third-order valence-electron chi connectivity index (χ3n) is 5.35. The van der Waals surface area contributed by atoms with Crippen molar-refractivity contribution in [3.63, 3.8) is 0 Å². The average molecular weight is 481 g/mol. The van der Waals surface area contributed by atoms with Crippen LogP contribution in [0.25, 0.3) is 5.69 Å². The number of carbonyl (C=O) groups is 2. The number of anilines is 3. The molecule has 0 bridgehead atoms. The molecular weight excluding hydrogens is 451 g/mol. The first-order valence-corrected chi connectivity index (χ1v) is 11.4. The largest absolute Gasteiger partial charge is 0.444 e. The Morgan fingerprint density at radius 1 is 0.943 bits per heavy atom. The summed E-state index contributed by atoms with van der Waals surface area (Å²) in [5.41, 5.74) is 2.12. The van der Waals surface area contributed by atoms with Crippen LogP contribution in [-0.2, 0) is 9.47 Å². The van der Waals surface area contributed by atoms with Crippen LogP contribution >= 0.6 is 0 Å². The van der Waals surface area contributed by atoms with Crippen LogP contribution < -0.4 is 15.5 Å². The van der Waals surface area contributed by atoms with E-state index in [2.05, 4.69) is 15.5 Å². The third-order valence-corrected chi connectivity index (χ3v) is 5.35. The van der Waals surface area contributed by atoms with Crippen molar-refractivity contribution in [3.8, 4) is 5.69 Å². The normalized spacial score (nSPS) is 13.9. The minimum atomic E-state index is -0.682. The molecule has 1 aliphatic rings. The highest BCUT2D eigenvalue weighted by Crippen LogP contribution is 2.27. The summed E-state index contributed by atoms with van der Waals surface area (Å²) in [5.74, 6) is -0.728. The molecule has 0 atom stereocenters. The molecule has 4 rings (SSSR count). The summed E-state index contributed by atoms with van der Waals surface area (Å²) >= 11 is 0. The third kappa shape index (κ3) is 6.39. The minimum absolute atomic E-state index is 0.346. The molecule has 2 N–H and O–H groups in total. The van der Waals surface area contributed by atoms with Crippen molar-refractivity contribution in [3.05, 3.63) is 72.3 Å².